The number of benzene rings is 2. The Morgan fingerprint density at radius 1 is 1.10 bits per heavy atom. The zero-order valence-electron chi connectivity index (χ0n) is 21.9. The Morgan fingerprint density at radius 3 is 2.51 bits per heavy atom. The van der Waals surface area contributed by atoms with Crippen LogP contribution in [0, 0.1) is 5.92 Å². The maximum absolute atomic E-state index is 12.6. The number of hydrogen-bond donors (Lipinski definition) is 3. The Bertz CT molecular complexity index is 1540. The second-order valence-electron chi connectivity index (χ2n) is 9.97. The number of nitrogen functional groups attached to an aromatic ring is 1. The number of amides is 1. The monoisotopic (exact) mass is 547 g/mol. The molecule has 39 heavy (non-hydrogen) atoms. The van der Waals surface area contributed by atoms with Crippen molar-refractivity contribution in [3.63, 3.8) is 0 Å². The molecule has 3 heterocycles. The molecule has 1 amide bonds. The topological polar surface area (TPSA) is 137 Å². The molecule has 0 bridgehead atoms. The quantitative estimate of drug-likeness (QED) is 0.273. The summed E-state index contributed by atoms with van der Waals surface area (Å²) in [5, 5.41) is 3.91. The van der Waals surface area contributed by atoms with Gasteiger partial charge in [-0.15, -0.1) is 0 Å². The Morgan fingerprint density at radius 2 is 1.79 bits per heavy atom. The Labute approximate surface area is 228 Å². The van der Waals surface area contributed by atoms with E-state index in [9.17, 15) is 13.2 Å². The van der Waals surface area contributed by atoms with Crippen LogP contribution in [0.2, 0.25) is 0 Å². The molecule has 0 saturated carbocycles. The smallest absolute Gasteiger partial charge is 0.258 e. The SMILES string of the molecule is CS(=O)(=O)N(CCc1c[nH]c2ccccc12)CC1CCN(c2ncc(C(=O)Nc3ccccc3N)cn2)CC1. The lowest BCUT2D eigenvalue weighted by molar-refractivity contribution is 0.102. The number of carbonyl (C=O) groups is 1. The Balaban J connectivity index is 1.15. The number of nitrogens with one attached hydrogen (secondary N) is 2. The van der Waals surface area contributed by atoms with E-state index >= 15 is 0 Å². The molecular formula is C28H33N7O3S. The second kappa shape index (κ2) is 11.4. The van der Waals surface area contributed by atoms with Crippen molar-refractivity contribution in [1.82, 2.24) is 19.3 Å². The van der Waals surface area contributed by atoms with Crippen LogP contribution >= 0.6 is 0 Å². The number of carbonyl (C=O) groups excluding carboxylic acids is 1. The number of sulfonamides is 1. The fourth-order valence-corrected chi connectivity index (χ4v) is 5.89. The summed E-state index contributed by atoms with van der Waals surface area (Å²) in [6.45, 7) is 2.38. The van der Waals surface area contributed by atoms with Crippen LogP contribution in [-0.4, -0.2) is 66.0 Å². The summed E-state index contributed by atoms with van der Waals surface area (Å²) in [5.74, 6) is 0.482. The third-order valence-electron chi connectivity index (χ3n) is 7.24. The van der Waals surface area contributed by atoms with E-state index in [0.29, 0.717) is 42.4 Å². The summed E-state index contributed by atoms with van der Waals surface area (Å²) in [6, 6.07) is 15.1. The van der Waals surface area contributed by atoms with E-state index in [-0.39, 0.29) is 11.8 Å². The molecule has 1 fully saturated rings. The van der Waals surface area contributed by atoms with Crippen molar-refractivity contribution < 1.29 is 13.2 Å². The number of aromatic amines is 1. The normalized spacial score (nSPS) is 14.7. The molecule has 0 atom stereocenters. The van der Waals surface area contributed by atoms with Gasteiger partial charge in [-0.1, -0.05) is 30.3 Å². The molecule has 1 aliphatic rings. The number of para-hydroxylation sites is 3. The number of rotatable bonds is 9. The van der Waals surface area contributed by atoms with E-state index < -0.39 is 10.0 Å². The second-order valence-corrected chi connectivity index (χ2v) is 12.0. The minimum Gasteiger partial charge on any atom is -0.397 e. The number of nitrogens with zero attached hydrogens (tertiary/aromatic N) is 4. The predicted molar refractivity (Wildman–Crippen MR) is 154 cm³/mol. The number of H-pyrrole nitrogens is 1. The van der Waals surface area contributed by atoms with Gasteiger partial charge in [0, 0.05) is 55.7 Å². The lowest BCUT2D eigenvalue weighted by atomic mass is 9.97. The molecule has 11 heteroatoms. The number of hydrogen-bond acceptors (Lipinski definition) is 7. The number of piperidine rings is 1. The van der Waals surface area contributed by atoms with Crippen molar-refractivity contribution in [2.75, 3.05) is 48.4 Å². The number of aromatic nitrogens is 3. The molecule has 10 nitrogen and oxygen atoms in total. The number of anilines is 3. The van der Waals surface area contributed by atoms with E-state index in [1.807, 2.05) is 24.4 Å². The van der Waals surface area contributed by atoms with Crippen LogP contribution in [0.15, 0.2) is 67.1 Å². The minimum atomic E-state index is -3.34. The van der Waals surface area contributed by atoms with Crippen molar-refractivity contribution in [2.24, 2.45) is 5.92 Å². The molecule has 4 N–H and O–H groups in total. The van der Waals surface area contributed by atoms with Crippen LogP contribution in [0.5, 0.6) is 0 Å². The molecule has 4 aromatic rings. The molecule has 1 aliphatic heterocycles. The van der Waals surface area contributed by atoms with Crippen molar-refractivity contribution in [3.05, 3.63) is 78.2 Å². The number of fused-ring (bicyclic) bond motifs is 1. The maximum atomic E-state index is 12.6. The van der Waals surface area contributed by atoms with Gasteiger partial charge in [-0.2, -0.15) is 0 Å². The van der Waals surface area contributed by atoms with Crippen molar-refractivity contribution in [2.45, 2.75) is 19.3 Å². The van der Waals surface area contributed by atoms with Crippen LogP contribution in [0.25, 0.3) is 10.9 Å². The van der Waals surface area contributed by atoms with Gasteiger partial charge >= 0.3 is 0 Å². The molecule has 5 rings (SSSR count). The fraction of sp³-hybridized carbons (Fsp3) is 0.321. The van der Waals surface area contributed by atoms with Gasteiger partial charge in [0.2, 0.25) is 16.0 Å². The molecule has 2 aromatic heterocycles. The van der Waals surface area contributed by atoms with Gasteiger partial charge in [-0.25, -0.2) is 22.7 Å². The highest BCUT2D eigenvalue weighted by Crippen LogP contribution is 2.24. The van der Waals surface area contributed by atoms with Crippen LogP contribution in [0.4, 0.5) is 17.3 Å². The van der Waals surface area contributed by atoms with Gasteiger partial charge < -0.3 is 20.9 Å². The fourth-order valence-electron chi connectivity index (χ4n) is 4.99. The van der Waals surface area contributed by atoms with Gasteiger partial charge in [0.25, 0.3) is 5.91 Å². The van der Waals surface area contributed by atoms with Crippen molar-refractivity contribution >= 4 is 44.2 Å². The average Bonchev–Trinajstić information content (AvgIpc) is 3.35. The number of nitrogens with two attached hydrogens (primary N) is 1. The highest BCUT2D eigenvalue weighted by molar-refractivity contribution is 7.88. The van der Waals surface area contributed by atoms with Crippen molar-refractivity contribution in [1.29, 1.82) is 0 Å². The van der Waals surface area contributed by atoms with E-state index in [1.165, 1.54) is 18.6 Å². The lowest BCUT2D eigenvalue weighted by Gasteiger charge is -2.34. The molecule has 1 saturated heterocycles. The minimum absolute atomic E-state index is 0.250. The first-order chi connectivity index (χ1) is 18.8. The van der Waals surface area contributed by atoms with Gasteiger partial charge in [-0.05, 0) is 48.9 Å². The van der Waals surface area contributed by atoms with Gasteiger partial charge in [-0.3, -0.25) is 4.79 Å². The zero-order chi connectivity index (χ0) is 27.4. The van der Waals surface area contributed by atoms with Gasteiger partial charge in [0.1, 0.15) is 0 Å². The first kappa shape index (κ1) is 26.6. The zero-order valence-corrected chi connectivity index (χ0v) is 22.7. The summed E-state index contributed by atoms with van der Waals surface area (Å²) in [4.78, 5) is 26.7. The van der Waals surface area contributed by atoms with Crippen LogP contribution in [0.1, 0.15) is 28.8 Å². The van der Waals surface area contributed by atoms with Crippen LogP contribution in [0.3, 0.4) is 0 Å². The molecule has 204 valence electrons. The Hall–Kier alpha value is -3.96. The summed E-state index contributed by atoms with van der Waals surface area (Å²) >= 11 is 0. The first-order valence-electron chi connectivity index (χ1n) is 13.0. The van der Waals surface area contributed by atoms with Gasteiger partial charge in [0.15, 0.2) is 0 Å². The van der Waals surface area contributed by atoms with E-state index in [2.05, 4.69) is 31.2 Å². The molecule has 0 spiro atoms. The third-order valence-corrected chi connectivity index (χ3v) is 8.51. The maximum Gasteiger partial charge on any atom is 0.258 e. The summed E-state index contributed by atoms with van der Waals surface area (Å²) in [7, 11) is -3.34. The summed E-state index contributed by atoms with van der Waals surface area (Å²) in [5.41, 5.74) is 9.45. The van der Waals surface area contributed by atoms with Crippen LogP contribution in [-0.2, 0) is 16.4 Å². The lowest BCUT2D eigenvalue weighted by Crippen LogP contribution is -2.41. The first-order valence-corrected chi connectivity index (χ1v) is 14.9. The highest BCUT2D eigenvalue weighted by atomic mass is 32.2. The Kier molecular flexibility index (Phi) is 7.80. The molecule has 0 radical (unpaired) electrons. The molecule has 0 unspecified atom stereocenters. The average molecular weight is 548 g/mol. The van der Waals surface area contributed by atoms with E-state index in [0.717, 1.165) is 42.4 Å². The highest BCUT2D eigenvalue weighted by Gasteiger charge is 2.26. The van der Waals surface area contributed by atoms with E-state index in [4.69, 9.17) is 5.73 Å². The third kappa shape index (κ3) is 6.37. The summed E-state index contributed by atoms with van der Waals surface area (Å²) < 4.78 is 26.8. The largest absolute Gasteiger partial charge is 0.397 e. The van der Waals surface area contributed by atoms with Crippen LogP contribution < -0.4 is 16.0 Å². The van der Waals surface area contributed by atoms with E-state index in [1.54, 1.807) is 28.6 Å². The standard InChI is InChI=1S/C28H33N7O3S/c1-39(37,38)35(15-12-21-16-30-25-8-4-2-6-23(21)25)19-20-10-13-34(14-11-20)28-31-17-22(18-32-28)27(36)33-26-9-5-3-7-24(26)29/h2-9,16-18,20,30H,10-15,19,29H2,1H3,(H,33,36). The molecular weight excluding hydrogens is 514 g/mol. The molecule has 0 aliphatic carbocycles. The van der Waals surface area contributed by atoms with Crippen molar-refractivity contribution in [3.8, 4) is 0 Å². The molecule has 2 aromatic carbocycles. The predicted octanol–water partition coefficient (Wildman–Crippen LogP) is 3.51. The van der Waals surface area contributed by atoms with Gasteiger partial charge in [0.05, 0.1) is 23.2 Å². The summed E-state index contributed by atoms with van der Waals surface area (Å²) in [6.07, 6.45) is 8.60.